The molecule has 1 aromatic carbocycles. The fourth-order valence-corrected chi connectivity index (χ4v) is 1.53. The molecule has 0 spiro atoms. The largest absolute Gasteiger partial charge is 0.481 e. The van der Waals surface area contributed by atoms with Gasteiger partial charge < -0.3 is 9.84 Å². The van der Waals surface area contributed by atoms with Crippen molar-refractivity contribution < 1.29 is 36.6 Å². The molecule has 1 aromatic rings. The van der Waals surface area contributed by atoms with E-state index >= 15 is 0 Å². The molecule has 0 radical (unpaired) electrons. The second kappa shape index (κ2) is 5.85. The SMILES string of the molecule is O=C(O)CCc1c(OC(F)F)cccc1C(F)(F)F. The molecule has 0 atom stereocenters. The van der Waals surface area contributed by atoms with Crippen LogP contribution in [0, 0.1) is 0 Å². The summed E-state index contributed by atoms with van der Waals surface area (Å²) < 4.78 is 66.3. The molecule has 0 unspecified atom stereocenters. The van der Waals surface area contributed by atoms with Gasteiger partial charge >= 0.3 is 18.8 Å². The van der Waals surface area contributed by atoms with Gasteiger partial charge in [-0.25, -0.2) is 0 Å². The van der Waals surface area contributed by atoms with Crippen LogP contribution in [0.1, 0.15) is 17.5 Å². The first-order valence-electron chi connectivity index (χ1n) is 5.07. The van der Waals surface area contributed by atoms with Crippen LogP contribution in [0.2, 0.25) is 0 Å². The van der Waals surface area contributed by atoms with Gasteiger partial charge in [0.25, 0.3) is 0 Å². The highest BCUT2D eigenvalue weighted by Crippen LogP contribution is 2.37. The highest BCUT2D eigenvalue weighted by atomic mass is 19.4. The topological polar surface area (TPSA) is 46.5 Å². The van der Waals surface area contributed by atoms with Crippen molar-refractivity contribution in [2.24, 2.45) is 0 Å². The fourth-order valence-electron chi connectivity index (χ4n) is 1.53. The van der Waals surface area contributed by atoms with Crippen molar-refractivity contribution in [2.45, 2.75) is 25.6 Å². The van der Waals surface area contributed by atoms with Crippen molar-refractivity contribution in [1.29, 1.82) is 0 Å². The summed E-state index contributed by atoms with van der Waals surface area (Å²) >= 11 is 0. The first-order chi connectivity index (χ1) is 8.71. The molecule has 3 nitrogen and oxygen atoms in total. The van der Waals surface area contributed by atoms with Gasteiger partial charge in [0, 0.05) is 12.0 Å². The summed E-state index contributed by atoms with van der Waals surface area (Å²) in [5.74, 6) is -1.99. The highest BCUT2D eigenvalue weighted by molar-refractivity contribution is 5.67. The van der Waals surface area contributed by atoms with Crippen LogP contribution in [0.3, 0.4) is 0 Å². The molecule has 1 rings (SSSR count). The molecule has 0 aliphatic carbocycles. The highest BCUT2D eigenvalue weighted by Gasteiger charge is 2.34. The van der Waals surface area contributed by atoms with Crippen molar-refractivity contribution in [2.75, 3.05) is 0 Å². The lowest BCUT2D eigenvalue weighted by atomic mass is 10.0. The van der Waals surface area contributed by atoms with E-state index in [4.69, 9.17) is 5.11 Å². The third kappa shape index (κ3) is 4.38. The lowest BCUT2D eigenvalue weighted by Crippen LogP contribution is -2.13. The third-order valence-corrected chi connectivity index (χ3v) is 2.24. The Morgan fingerprint density at radius 2 is 1.95 bits per heavy atom. The van der Waals surface area contributed by atoms with E-state index in [2.05, 4.69) is 4.74 Å². The van der Waals surface area contributed by atoms with E-state index in [-0.39, 0.29) is 0 Å². The maximum atomic E-state index is 12.7. The van der Waals surface area contributed by atoms with Crippen molar-refractivity contribution in [3.05, 3.63) is 29.3 Å². The Morgan fingerprint density at radius 1 is 1.32 bits per heavy atom. The molecule has 0 fully saturated rings. The molecule has 0 aliphatic rings. The van der Waals surface area contributed by atoms with Crippen LogP contribution >= 0.6 is 0 Å². The second-order valence-electron chi connectivity index (χ2n) is 3.55. The molecule has 0 heterocycles. The Morgan fingerprint density at radius 3 is 2.42 bits per heavy atom. The van der Waals surface area contributed by atoms with Crippen LogP contribution in [0.5, 0.6) is 5.75 Å². The minimum absolute atomic E-state index is 0.549. The predicted octanol–water partition coefficient (Wildman–Crippen LogP) is 3.32. The van der Waals surface area contributed by atoms with Gasteiger partial charge in [0.05, 0.1) is 5.56 Å². The second-order valence-corrected chi connectivity index (χ2v) is 3.55. The lowest BCUT2D eigenvalue weighted by Gasteiger charge is -2.16. The molecule has 8 heteroatoms. The van der Waals surface area contributed by atoms with Crippen molar-refractivity contribution in [3.63, 3.8) is 0 Å². The molecule has 0 bridgehead atoms. The monoisotopic (exact) mass is 284 g/mol. The van der Waals surface area contributed by atoms with E-state index in [1.54, 1.807) is 0 Å². The Bertz CT molecular complexity index is 456. The number of aliphatic carboxylic acids is 1. The van der Waals surface area contributed by atoms with Crippen LogP contribution < -0.4 is 4.74 Å². The van der Waals surface area contributed by atoms with Gasteiger partial charge in [0.15, 0.2) is 0 Å². The van der Waals surface area contributed by atoms with E-state index < -0.39 is 48.5 Å². The minimum Gasteiger partial charge on any atom is -0.481 e. The molecular weight excluding hydrogens is 275 g/mol. The number of hydrogen-bond donors (Lipinski definition) is 1. The van der Waals surface area contributed by atoms with Crippen molar-refractivity contribution in [3.8, 4) is 5.75 Å². The summed E-state index contributed by atoms with van der Waals surface area (Å²) in [5, 5.41) is 8.47. The molecular formula is C11H9F5O3. The van der Waals surface area contributed by atoms with E-state index in [0.29, 0.717) is 6.07 Å². The number of carbonyl (C=O) groups is 1. The Hall–Kier alpha value is -1.86. The standard InChI is InChI=1S/C11H9F5O3/c12-10(13)19-8-3-1-2-7(11(14,15)16)6(8)4-5-9(17)18/h1-3,10H,4-5H2,(H,17,18). The summed E-state index contributed by atoms with van der Waals surface area (Å²) in [4.78, 5) is 10.4. The molecule has 0 saturated heterocycles. The maximum Gasteiger partial charge on any atom is 0.416 e. The number of hydrogen-bond acceptors (Lipinski definition) is 2. The molecule has 0 amide bonds. The Kier molecular flexibility index (Phi) is 4.68. The summed E-state index contributed by atoms with van der Waals surface area (Å²) in [5.41, 5.74) is -1.76. The van der Waals surface area contributed by atoms with Crippen LogP contribution in [0.25, 0.3) is 0 Å². The normalized spacial score (nSPS) is 11.7. The van der Waals surface area contributed by atoms with Gasteiger partial charge in [0.1, 0.15) is 5.75 Å². The molecule has 0 saturated carbocycles. The smallest absolute Gasteiger partial charge is 0.416 e. The number of carboxylic acid groups (broad SMARTS) is 1. The van der Waals surface area contributed by atoms with Gasteiger partial charge in [0.2, 0.25) is 0 Å². The van der Waals surface area contributed by atoms with Gasteiger partial charge in [-0.3, -0.25) is 4.79 Å². The van der Waals surface area contributed by atoms with Gasteiger partial charge in [-0.1, -0.05) is 6.07 Å². The van der Waals surface area contributed by atoms with E-state index in [9.17, 15) is 26.7 Å². The minimum atomic E-state index is -4.77. The first kappa shape index (κ1) is 15.2. The average Bonchev–Trinajstić information content (AvgIpc) is 2.24. The summed E-state index contributed by atoms with van der Waals surface area (Å²) in [6, 6.07) is 2.55. The molecule has 0 aliphatic heterocycles. The van der Waals surface area contributed by atoms with Gasteiger partial charge in [-0.15, -0.1) is 0 Å². The zero-order chi connectivity index (χ0) is 14.6. The zero-order valence-electron chi connectivity index (χ0n) is 9.38. The quantitative estimate of drug-likeness (QED) is 0.844. The summed E-state index contributed by atoms with van der Waals surface area (Å²) in [6.45, 7) is -3.29. The molecule has 1 N–H and O–H groups in total. The number of ether oxygens (including phenoxy) is 1. The molecule has 19 heavy (non-hydrogen) atoms. The van der Waals surface area contributed by atoms with Crippen LogP contribution in [0.15, 0.2) is 18.2 Å². The van der Waals surface area contributed by atoms with Crippen molar-refractivity contribution >= 4 is 5.97 Å². The van der Waals surface area contributed by atoms with Crippen LogP contribution in [-0.2, 0) is 17.4 Å². The van der Waals surface area contributed by atoms with Crippen molar-refractivity contribution in [1.82, 2.24) is 0 Å². The number of halogens is 5. The number of benzene rings is 1. The number of rotatable bonds is 5. The van der Waals surface area contributed by atoms with Crippen LogP contribution in [0.4, 0.5) is 22.0 Å². The number of carboxylic acids is 1. The van der Waals surface area contributed by atoms with Crippen LogP contribution in [-0.4, -0.2) is 17.7 Å². The molecule has 106 valence electrons. The third-order valence-electron chi connectivity index (χ3n) is 2.24. The van der Waals surface area contributed by atoms with E-state index in [1.807, 2.05) is 0 Å². The zero-order valence-corrected chi connectivity index (χ0v) is 9.38. The summed E-state index contributed by atoms with van der Waals surface area (Å²) in [6.07, 6.45) is -5.94. The van der Waals surface area contributed by atoms with Gasteiger partial charge in [-0.2, -0.15) is 22.0 Å². The number of alkyl halides is 5. The van der Waals surface area contributed by atoms with Gasteiger partial charge in [-0.05, 0) is 18.6 Å². The lowest BCUT2D eigenvalue weighted by molar-refractivity contribution is -0.140. The predicted molar refractivity (Wildman–Crippen MR) is 54.0 cm³/mol. The van der Waals surface area contributed by atoms with E-state index in [1.165, 1.54) is 0 Å². The fraction of sp³-hybridized carbons (Fsp3) is 0.364. The van der Waals surface area contributed by atoms with E-state index in [0.717, 1.165) is 12.1 Å². The molecule has 0 aromatic heterocycles. The Labute approximate surface area is 104 Å². The Balaban J connectivity index is 3.19. The average molecular weight is 284 g/mol. The summed E-state index contributed by atoms with van der Waals surface area (Å²) in [7, 11) is 0. The first-order valence-corrected chi connectivity index (χ1v) is 5.07. The maximum absolute atomic E-state index is 12.7.